The summed E-state index contributed by atoms with van der Waals surface area (Å²) in [7, 11) is 0. The topological polar surface area (TPSA) is 256 Å². The largest absolute Gasteiger partial charge is 0.475 e. The van der Waals surface area contributed by atoms with E-state index in [0.29, 0.717) is 52.0 Å². The van der Waals surface area contributed by atoms with E-state index < -0.39 is 105 Å². The fraction of sp³-hybridized carbons (Fsp3) is 0.551. The Morgan fingerprint density at radius 1 is 0.370 bits per heavy atom. The Morgan fingerprint density at radius 2 is 0.548 bits per heavy atom. The number of hydrogen-bond acceptors (Lipinski definition) is 24. The van der Waals surface area contributed by atoms with Gasteiger partial charge < -0.3 is 73.3 Å². The van der Waals surface area contributed by atoms with Crippen molar-refractivity contribution in [2.75, 3.05) is 39.6 Å². The van der Waals surface area contributed by atoms with Crippen LogP contribution in [0.15, 0.2) is 29.4 Å². The molecule has 0 saturated heterocycles. The molecule has 0 bridgehead atoms. The molecule has 1 radical (unpaired) electrons. The Kier molecular flexibility index (Phi) is 14.2. The van der Waals surface area contributed by atoms with Crippen LogP contribution in [0.2, 0.25) is 0 Å². The van der Waals surface area contributed by atoms with Gasteiger partial charge >= 0.3 is 17.9 Å². The fourth-order valence-corrected chi connectivity index (χ4v) is 15.9. The van der Waals surface area contributed by atoms with E-state index in [1.54, 1.807) is 0 Å². The van der Waals surface area contributed by atoms with Crippen LogP contribution >= 0.6 is 70.6 Å². The average molecular weight is 1130 g/mol. The summed E-state index contributed by atoms with van der Waals surface area (Å²) in [4.78, 5) is 40.4. The van der Waals surface area contributed by atoms with Gasteiger partial charge in [0.25, 0.3) is 0 Å². The lowest BCUT2D eigenvalue weighted by Gasteiger charge is -2.29. The molecule has 6 N–H and O–H groups in total. The SMILES string of the molecule is CC1(C)Oc2c(c([C](c3c4c(c(C(=O)OCC(O)CO)c5c3SC(C)(C)O5)OC(C)(C)S4)c3c4c(c(C(=O)OCC(O)CO)c5c3SC(C)(C)O5)OC(C)(C)S4)c3c(c2C(=O)OCC(O)CO)OC(C)(C)S3)S1. The Morgan fingerprint density at radius 3 is 0.712 bits per heavy atom. The van der Waals surface area contributed by atoms with E-state index in [1.807, 2.05) is 83.1 Å². The Hall–Kier alpha value is -3.27. The van der Waals surface area contributed by atoms with E-state index >= 15 is 0 Å². The van der Waals surface area contributed by atoms with Gasteiger partial charge in [-0.2, -0.15) is 0 Å². The van der Waals surface area contributed by atoms with Gasteiger partial charge in [0, 0.05) is 16.7 Å². The van der Waals surface area contributed by atoms with Crippen LogP contribution in [-0.2, 0) is 14.2 Å². The molecule has 3 aromatic rings. The maximum Gasteiger partial charge on any atom is 0.345 e. The molecule has 6 heterocycles. The molecule has 3 unspecified atom stereocenters. The minimum absolute atomic E-state index is 0.0398. The van der Waals surface area contributed by atoms with Gasteiger partial charge in [0.15, 0.2) is 64.1 Å². The molecule has 0 spiro atoms. The molecule has 24 heteroatoms. The van der Waals surface area contributed by atoms with Crippen molar-refractivity contribution in [3.8, 4) is 34.5 Å². The van der Waals surface area contributed by atoms with E-state index in [4.69, 9.17) is 42.6 Å². The van der Waals surface area contributed by atoms with E-state index in [1.165, 1.54) is 70.6 Å². The molecule has 3 aromatic carbocycles. The molecule has 0 aliphatic carbocycles. The molecule has 0 amide bonds. The number of esters is 3. The number of rotatable bonds is 15. The second-order valence-corrected chi connectivity index (χ2v) is 30.1. The van der Waals surface area contributed by atoms with Crippen LogP contribution in [-0.4, -0.2) is 136 Å². The predicted molar refractivity (Wildman–Crippen MR) is 273 cm³/mol. The van der Waals surface area contributed by atoms with Crippen molar-refractivity contribution >= 4 is 88.5 Å². The zero-order valence-corrected chi connectivity index (χ0v) is 46.9. The summed E-state index contributed by atoms with van der Waals surface area (Å²) in [5, 5.41) is 59.9. The molecule has 18 nitrogen and oxygen atoms in total. The van der Waals surface area contributed by atoms with Crippen molar-refractivity contribution in [3.05, 3.63) is 39.3 Å². The van der Waals surface area contributed by atoms with Gasteiger partial charge in [-0.1, -0.05) is 70.6 Å². The summed E-state index contributed by atoms with van der Waals surface area (Å²) in [6, 6.07) is 0. The van der Waals surface area contributed by atoms with Crippen LogP contribution in [0.1, 0.15) is 131 Å². The van der Waals surface area contributed by atoms with E-state index in [2.05, 4.69) is 0 Å². The second kappa shape index (κ2) is 19.0. The van der Waals surface area contributed by atoms with Crippen molar-refractivity contribution in [1.29, 1.82) is 0 Å². The standard InChI is InChI=1S/C49H57O18S6/c1-44(2)62-29-26(41(56)59-16-19(53)13-50)30-36(69-45(3,4)63-30)23(35(29)68-44)22(24-37-31(64-46(5,6)70-37)27(42(57)60-17-20(54)14-51)32-38(24)71-47(7,8)65-32)25-39-33(66-48(9,10)72-39)28(43(58)61-18-21(55)15-52)34-40(25)73-49(11,12)67-34/h19-21,50-55H,13-18H2,1-12H3. The van der Waals surface area contributed by atoms with Gasteiger partial charge in [0.1, 0.15) is 54.8 Å². The Balaban J connectivity index is 1.46. The first kappa shape index (κ1) is 54.5. The molecule has 0 saturated carbocycles. The highest BCUT2D eigenvalue weighted by Gasteiger charge is 2.56. The summed E-state index contributed by atoms with van der Waals surface area (Å²) in [6.45, 7) is 18.6. The third-order valence-corrected chi connectivity index (χ3v) is 18.4. The van der Waals surface area contributed by atoms with Gasteiger partial charge in [0.2, 0.25) is 0 Å². The van der Waals surface area contributed by atoms with Gasteiger partial charge in [-0.05, 0) is 83.1 Å². The quantitative estimate of drug-likeness (QED) is 0.0487. The van der Waals surface area contributed by atoms with Crippen molar-refractivity contribution in [2.24, 2.45) is 0 Å². The monoisotopic (exact) mass is 1130 g/mol. The van der Waals surface area contributed by atoms with Gasteiger partial charge in [-0.25, -0.2) is 14.4 Å². The minimum atomic E-state index is -1.36. The maximum atomic E-state index is 14.5. The van der Waals surface area contributed by atoms with Crippen LogP contribution in [0.5, 0.6) is 34.5 Å². The molecule has 6 aliphatic rings. The third kappa shape index (κ3) is 10.1. The fourth-order valence-electron chi connectivity index (χ4n) is 8.73. The summed E-state index contributed by atoms with van der Waals surface area (Å²) < 4.78 is 57.7. The van der Waals surface area contributed by atoms with Crippen molar-refractivity contribution < 1.29 is 87.7 Å². The smallest absolute Gasteiger partial charge is 0.345 e. The molecule has 73 heavy (non-hydrogen) atoms. The number of hydrogen-bond donors (Lipinski definition) is 6. The number of carbonyl (C=O) groups excluding carboxylic acids is 3. The summed E-state index contributed by atoms with van der Waals surface area (Å²) in [5.41, 5.74) is 1.48. The first-order valence-electron chi connectivity index (χ1n) is 23.2. The molecule has 6 aliphatic heterocycles. The highest BCUT2D eigenvalue weighted by molar-refractivity contribution is 8.02. The number of aliphatic hydroxyl groups excluding tert-OH is 6. The lowest BCUT2D eigenvalue weighted by Crippen LogP contribution is -2.24. The molecule has 9 rings (SSSR count). The molecular weight excluding hydrogens is 1070 g/mol. The van der Waals surface area contributed by atoms with Crippen LogP contribution in [0.3, 0.4) is 0 Å². The van der Waals surface area contributed by atoms with Gasteiger partial charge in [-0.15, -0.1) is 0 Å². The van der Waals surface area contributed by atoms with Gasteiger partial charge in [-0.3, -0.25) is 0 Å². The highest BCUT2D eigenvalue weighted by atomic mass is 32.2. The highest BCUT2D eigenvalue weighted by Crippen LogP contribution is 2.71. The summed E-state index contributed by atoms with van der Waals surface area (Å²) in [5.74, 6) is -1.38. The molecule has 3 atom stereocenters. The summed E-state index contributed by atoms with van der Waals surface area (Å²) >= 11 is 8.03. The first-order chi connectivity index (χ1) is 33.9. The minimum Gasteiger partial charge on any atom is -0.475 e. The zero-order chi connectivity index (χ0) is 53.3. The number of ether oxygens (including phenoxy) is 9. The Labute approximate surface area is 447 Å². The molecular formula is C49H57O18S6. The van der Waals surface area contributed by atoms with Crippen molar-refractivity contribution in [2.45, 2.75) is 160 Å². The predicted octanol–water partition coefficient (Wildman–Crippen LogP) is 7.56. The average Bonchev–Trinajstić information content (AvgIpc) is 4.11. The van der Waals surface area contributed by atoms with E-state index in [9.17, 15) is 45.0 Å². The van der Waals surface area contributed by atoms with Gasteiger partial charge in [0.05, 0.1) is 55.1 Å². The molecule has 0 aromatic heterocycles. The van der Waals surface area contributed by atoms with Crippen molar-refractivity contribution in [1.82, 2.24) is 0 Å². The van der Waals surface area contributed by atoms with Crippen molar-refractivity contribution in [3.63, 3.8) is 0 Å². The lowest BCUT2D eigenvalue weighted by atomic mass is 9.82. The maximum absolute atomic E-state index is 14.5. The molecule has 0 fully saturated rings. The number of aliphatic hydroxyl groups is 6. The van der Waals surface area contributed by atoms with Crippen LogP contribution in [0, 0.1) is 5.92 Å². The number of carbonyl (C=O) groups is 3. The number of thioether (sulfide) groups is 6. The third-order valence-electron chi connectivity index (χ3n) is 11.4. The number of fused-ring (bicyclic) bond motifs is 6. The Bertz CT molecular complexity index is 2390. The summed E-state index contributed by atoms with van der Waals surface area (Å²) in [6.07, 6.45) is -4.09. The van der Waals surface area contributed by atoms with E-state index in [-0.39, 0.29) is 51.2 Å². The first-order valence-corrected chi connectivity index (χ1v) is 28.1. The molecule has 397 valence electrons. The lowest BCUT2D eigenvalue weighted by molar-refractivity contribution is 0.00812. The van der Waals surface area contributed by atoms with Crippen LogP contribution < -0.4 is 28.4 Å². The van der Waals surface area contributed by atoms with E-state index in [0.717, 1.165) is 0 Å². The zero-order valence-electron chi connectivity index (χ0n) is 42.0. The van der Waals surface area contributed by atoms with Crippen LogP contribution in [0.4, 0.5) is 0 Å². The second-order valence-electron chi connectivity index (χ2n) is 20.5. The van der Waals surface area contributed by atoms with Crippen LogP contribution in [0.25, 0.3) is 0 Å². The normalized spacial score (nSPS) is 21.1. The number of benzene rings is 3.